The summed E-state index contributed by atoms with van der Waals surface area (Å²) in [5.74, 6) is 3.13. The lowest BCUT2D eigenvalue weighted by Crippen LogP contribution is -2.54. The molecule has 11 unspecified atom stereocenters. The molecule has 0 bridgehead atoms. The number of carbonyl (C=O) groups is 1. The zero-order valence-electron chi connectivity index (χ0n) is 25.3. The third-order valence-electron chi connectivity index (χ3n) is 14.4. The lowest BCUT2D eigenvalue weighted by atomic mass is 9.46. The van der Waals surface area contributed by atoms with Crippen LogP contribution < -0.4 is 0 Å². The van der Waals surface area contributed by atoms with Gasteiger partial charge < -0.3 is 19.3 Å². The molecule has 11 atom stereocenters. The first kappa shape index (κ1) is 27.2. The Balaban J connectivity index is 1.07. The molecular formula is C34H54O5. The summed E-state index contributed by atoms with van der Waals surface area (Å²) in [6, 6.07) is 0. The van der Waals surface area contributed by atoms with E-state index in [2.05, 4.69) is 34.6 Å². The lowest BCUT2D eigenvalue weighted by molar-refractivity contribution is -0.184. The number of hydrogen-bond acceptors (Lipinski definition) is 5. The van der Waals surface area contributed by atoms with Crippen LogP contribution in [0.25, 0.3) is 0 Å². The zero-order chi connectivity index (χ0) is 27.4. The maximum absolute atomic E-state index is 13.1. The van der Waals surface area contributed by atoms with Gasteiger partial charge in [0.1, 0.15) is 6.10 Å². The molecule has 7 rings (SSSR count). The predicted molar refractivity (Wildman–Crippen MR) is 150 cm³/mol. The fourth-order valence-corrected chi connectivity index (χ4v) is 12.3. The second-order valence-corrected chi connectivity index (χ2v) is 16.4. The topological polar surface area (TPSA) is 65.0 Å². The van der Waals surface area contributed by atoms with Crippen molar-refractivity contribution in [2.24, 2.45) is 57.2 Å². The summed E-state index contributed by atoms with van der Waals surface area (Å²) in [7, 11) is 0. The second kappa shape index (κ2) is 9.17. The molecular weight excluding hydrogens is 488 g/mol. The predicted octanol–water partition coefficient (Wildman–Crippen LogP) is 6.55. The maximum atomic E-state index is 13.1. The maximum Gasteiger partial charge on any atom is 0.309 e. The van der Waals surface area contributed by atoms with Crippen LogP contribution in [0.3, 0.4) is 0 Å². The van der Waals surface area contributed by atoms with Gasteiger partial charge in [-0.1, -0.05) is 34.6 Å². The lowest BCUT2D eigenvalue weighted by Gasteiger charge is -2.59. The highest BCUT2D eigenvalue weighted by Crippen LogP contribution is 2.87. The van der Waals surface area contributed by atoms with E-state index in [0.29, 0.717) is 47.4 Å². The molecule has 2 aliphatic heterocycles. The summed E-state index contributed by atoms with van der Waals surface area (Å²) in [6.07, 6.45) is 14.1. The molecule has 0 aromatic carbocycles. The van der Waals surface area contributed by atoms with Crippen molar-refractivity contribution in [2.45, 2.75) is 136 Å². The van der Waals surface area contributed by atoms with Crippen molar-refractivity contribution in [3.63, 3.8) is 0 Å². The minimum Gasteiger partial charge on any atom is -0.459 e. The SMILES string of the molecule is CC(C)C(OC(=O)C1CCOCC1)C1CCC2C(CC3C4CCC5C(C)(C)C(O)CCC56CC46CCC23C)O1. The molecule has 0 radical (unpaired) electrons. The molecule has 5 heteroatoms. The van der Waals surface area contributed by atoms with Crippen LogP contribution in [0.15, 0.2) is 0 Å². The average molecular weight is 543 g/mol. The third kappa shape index (κ3) is 3.76. The summed E-state index contributed by atoms with van der Waals surface area (Å²) in [5, 5.41) is 10.9. The Kier molecular flexibility index (Phi) is 6.40. The van der Waals surface area contributed by atoms with Gasteiger partial charge in [-0.25, -0.2) is 0 Å². The van der Waals surface area contributed by atoms with Gasteiger partial charge in [-0.2, -0.15) is 0 Å². The first-order chi connectivity index (χ1) is 18.5. The van der Waals surface area contributed by atoms with Crippen molar-refractivity contribution < 1.29 is 24.1 Å². The first-order valence-electron chi connectivity index (χ1n) is 16.7. The summed E-state index contributed by atoms with van der Waals surface area (Å²) in [4.78, 5) is 13.1. The molecule has 39 heavy (non-hydrogen) atoms. The minimum atomic E-state index is -0.152. The van der Waals surface area contributed by atoms with E-state index in [1.807, 2.05) is 0 Å². The van der Waals surface area contributed by atoms with Gasteiger partial charge in [-0.15, -0.1) is 0 Å². The van der Waals surface area contributed by atoms with Gasteiger partial charge >= 0.3 is 5.97 Å². The van der Waals surface area contributed by atoms with Crippen molar-refractivity contribution in [2.75, 3.05) is 13.2 Å². The van der Waals surface area contributed by atoms with E-state index >= 15 is 0 Å². The van der Waals surface area contributed by atoms with E-state index in [4.69, 9.17) is 14.2 Å². The Bertz CT molecular complexity index is 971. The molecule has 2 spiro atoms. The van der Waals surface area contributed by atoms with Gasteiger partial charge in [0.25, 0.3) is 0 Å². The summed E-state index contributed by atoms with van der Waals surface area (Å²) >= 11 is 0. The number of rotatable bonds is 4. The first-order valence-corrected chi connectivity index (χ1v) is 16.7. The number of carbonyl (C=O) groups excluding carboxylic acids is 1. The molecule has 0 aromatic rings. The van der Waals surface area contributed by atoms with Crippen molar-refractivity contribution in [1.29, 1.82) is 0 Å². The van der Waals surface area contributed by atoms with E-state index in [1.165, 1.54) is 51.4 Å². The van der Waals surface area contributed by atoms with Crippen LogP contribution in [0.5, 0.6) is 0 Å². The van der Waals surface area contributed by atoms with Crippen molar-refractivity contribution >= 4 is 5.97 Å². The quantitative estimate of drug-likeness (QED) is 0.408. The molecule has 5 saturated carbocycles. The van der Waals surface area contributed by atoms with Gasteiger partial charge in [0.05, 0.1) is 24.2 Å². The van der Waals surface area contributed by atoms with Crippen LogP contribution in [0, 0.1) is 57.2 Å². The minimum absolute atomic E-state index is 0.0207. The number of aliphatic hydroxyl groups is 1. The van der Waals surface area contributed by atoms with Crippen molar-refractivity contribution in [3.8, 4) is 0 Å². The highest BCUT2D eigenvalue weighted by Gasteiger charge is 2.80. The van der Waals surface area contributed by atoms with Gasteiger partial charge in [-0.3, -0.25) is 4.79 Å². The standard InChI is InChI=1S/C34H54O5/c1-20(2)29(39-30(36)21-11-16-37-17-12-21)25-8-6-23-26(38-25)18-24-22-7-9-27-31(3,4)28(35)10-13-34(27)19-33(22,34)15-14-32(23,24)5/h20-29,35H,6-19H2,1-5H3. The monoisotopic (exact) mass is 542 g/mol. The van der Waals surface area contributed by atoms with E-state index in [1.54, 1.807) is 0 Å². The van der Waals surface area contributed by atoms with E-state index < -0.39 is 0 Å². The second-order valence-electron chi connectivity index (χ2n) is 16.4. The Labute approximate surface area is 236 Å². The molecule has 220 valence electrons. The van der Waals surface area contributed by atoms with Crippen LogP contribution in [0.4, 0.5) is 0 Å². The smallest absolute Gasteiger partial charge is 0.309 e. The molecule has 7 aliphatic rings. The van der Waals surface area contributed by atoms with E-state index in [9.17, 15) is 9.90 Å². The Morgan fingerprint density at radius 2 is 1.62 bits per heavy atom. The van der Waals surface area contributed by atoms with Crippen LogP contribution >= 0.6 is 0 Å². The molecule has 0 aromatic heterocycles. The van der Waals surface area contributed by atoms with Crippen molar-refractivity contribution in [1.82, 2.24) is 0 Å². The van der Waals surface area contributed by atoms with Gasteiger partial charge in [-0.05, 0) is 128 Å². The fraction of sp³-hybridized carbons (Fsp3) is 0.971. The highest BCUT2D eigenvalue weighted by molar-refractivity contribution is 5.72. The fourth-order valence-electron chi connectivity index (χ4n) is 12.3. The van der Waals surface area contributed by atoms with Crippen LogP contribution in [-0.2, 0) is 19.0 Å². The molecule has 0 amide bonds. The zero-order valence-corrected chi connectivity index (χ0v) is 25.3. The third-order valence-corrected chi connectivity index (χ3v) is 14.4. The van der Waals surface area contributed by atoms with Crippen LogP contribution in [0.2, 0.25) is 0 Å². The Morgan fingerprint density at radius 1 is 0.872 bits per heavy atom. The number of esters is 1. The van der Waals surface area contributed by atoms with Gasteiger partial charge in [0, 0.05) is 13.2 Å². The van der Waals surface area contributed by atoms with Crippen LogP contribution in [0.1, 0.15) is 112 Å². The van der Waals surface area contributed by atoms with E-state index in [0.717, 1.165) is 37.5 Å². The van der Waals surface area contributed by atoms with Gasteiger partial charge in [0.15, 0.2) is 0 Å². The molecule has 2 heterocycles. The Morgan fingerprint density at radius 3 is 2.36 bits per heavy atom. The molecule has 7 fully saturated rings. The summed E-state index contributed by atoms with van der Waals surface area (Å²) in [5.41, 5.74) is 1.47. The molecule has 2 saturated heterocycles. The molecule has 5 nitrogen and oxygen atoms in total. The van der Waals surface area contributed by atoms with E-state index in [-0.39, 0.29) is 41.5 Å². The number of aliphatic hydroxyl groups excluding tert-OH is 1. The molecule has 1 N–H and O–H groups in total. The van der Waals surface area contributed by atoms with Gasteiger partial charge in [0.2, 0.25) is 0 Å². The highest BCUT2D eigenvalue weighted by atomic mass is 16.6. The number of ether oxygens (including phenoxy) is 3. The summed E-state index contributed by atoms with van der Waals surface area (Å²) < 4.78 is 18.7. The Hall–Kier alpha value is -0.650. The normalized spacial score (nSPS) is 51.1. The largest absolute Gasteiger partial charge is 0.459 e. The number of fused-ring (bicyclic) bond motifs is 4. The average Bonchev–Trinajstić information content (AvgIpc) is 3.50. The number of hydrogen-bond donors (Lipinski definition) is 1. The van der Waals surface area contributed by atoms with Crippen LogP contribution in [-0.4, -0.2) is 48.7 Å². The molecule has 5 aliphatic carbocycles. The van der Waals surface area contributed by atoms with Crippen molar-refractivity contribution in [3.05, 3.63) is 0 Å². The summed E-state index contributed by atoms with van der Waals surface area (Å²) in [6.45, 7) is 13.0.